The van der Waals surface area contributed by atoms with Crippen molar-refractivity contribution in [3.05, 3.63) is 34.3 Å². The number of benzene rings is 1. The monoisotopic (exact) mass is 353 g/mol. The molecule has 0 aliphatic carbocycles. The fraction of sp³-hybridized carbons (Fsp3) is 0.667. The minimum atomic E-state index is 0.478. The number of nitrogens with one attached hydrogen (secondary N) is 1. The van der Waals surface area contributed by atoms with Gasteiger partial charge in [-0.05, 0) is 68.3 Å². The molecule has 0 bridgehead atoms. The lowest BCUT2D eigenvalue weighted by Gasteiger charge is -2.22. The molecule has 0 radical (unpaired) electrons. The highest BCUT2D eigenvalue weighted by molar-refractivity contribution is 9.10. The van der Waals surface area contributed by atoms with Crippen LogP contribution in [0.25, 0.3) is 0 Å². The number of ether oxygens (including phenoxy) is 1. The van der Waals surface area contributed by atoms with Crippen LogP contribution in [0.2, 0.25) is 0 Å². The molecule has 1 N–H and O–H groups in total. The zero-order chi connectivity index (χ0) is 15.1. The smallest absolute Gasteiger partial charge is 0.0579 e. The standard InChI is InChI=1S/C18H28BrNO/c1-14(2)12-20-13-16(11-18-4-3-9-21-18)10-15-5-7-17(19)8-6-15/h5-8,14,16,18,20H,3-4,9-13H2,1-2H3. The lowest BCUT2D eigenvalue weighted by Crippen LogP contribution is -2.29. The molecule has 0 aromatic heterocycles. The summed E-state index contributed by atoms with van der Waals surface area (Å²) in [6.07, 6.45) is 5.27. The van der Waals surface area contributed by atoms with Gasteiger partial charge in [0.15, 0.2) is 0 Å². The molecule has 1 heterocycles. The van der Waals surface area contributed by atoms with Crippen molar-refractivity contribution in [1.82, 2.24) is 5.32 Å². The molecule has 1 saturated heterocycles. The third-order valence-electron chi connectivity index (χ3n) is 4.04. The first-order valence-electron chi connectivity index (χ1n) is 8.20. The molecule has 0 saturated carbocycles. The summed E-state index contributed by atoms with van der Waals surface area (Å²) in [7, 11) is 0. The molecule has 21 heavy (non-hydrogen) atoms. The van der Waals surface area contributed by atoms with Gasteiger partial charge in [0.05, 0.1) is 6.10 Å². The quantitative estimate of drug-likeness (QED) is 0.746. The summed E-state index contributed by atoms with van der Waals surface area (Å²) in [5, 5.41) is 3.63. The van der Waals surface area contributed by atoms with Gasteiger partial charge in [0, 0.05) is 11.1 Å². The van der Waals surface area contributed by atoms with E-state index in [1.807, 2.05) is 0 Å². The molecule has 1 fully saturated rings. The van der Waals surface area contributed by atoms with E-state index in [0.717, 1.165) is 30.6 Å². The molecule has 2 unspecified atom stereocenters. The summed E-state index contributed by atoms with van der Waals surface area (Å²) in [5.41, 5.74) is 1.42. The lowest BCUT2D eigenvalue weighted by molar-refractivity contribution is 0.0891. The van der Waals surface area contributed by atoms with Gasteiger partial charge in [-0.2, -0.15) is 0 Å². The van der Waals surface area contributed by atoms with Gasteiger partial charge in [0.25, 0.3) is 0 Å². The Labute approximate surface area is 137 Å². The first-order chi connectivity index (χ1) is 10.1. The van der Waals surface area contributed by atoms with Crippen molar-refractivity contribution < 1.29 is 4.74 Å². The Morgan fingerprint density at radius 3 is 2.62 bits per heavy atom. The molecule has 2 nitrogen and oxygen atoms in total. The summed E-state index contributed by atoms with van der Waals surface area (Å²) in [4.78, 5) is 0. The highest BCUT2D eigenvalue weighted by Crippen LogP contribution is 2.23. The van der Waals surface area contributed by atoms with Crippen molar-refractivity contribution in [3.63, 3.8) is 0 Å². The first-order valence-corrected chi connectivity index (χ1v) is 8.99. The summed E-state index contributed by atoms with van der Waals surface area (Å²) >= 11 is 3.51. The van der Waals surface area contributed by atoms with Crippen LogP contribution in [-0.4, -0.2) is 25.8 Å². The normalized spacial score (nSPS) is 20.1. The molecule has 1 aliphatic heterocycles. The molecular weight excluding hydrogens is 326 g/mol. The Morgan fingerprint density at radius 2 is 2.00 bits per heavy atom. The van der Waals surface area contributed by atoms with E-state index in [4.69, 9.17) is 4.74 Å². The largest absolute Gasteiger partial charge is 0.378 e. The number of rotatable bonds is 8. The van der Waals surface area contributed by atoms with Crippen LogP contribution in [0, 0.1) is 11.8 Å². The van der Waals surface area contributed by atoms with Crippen LogP contribution in [-0.2, 0) is 11.2 Å². The topological polar surface area (TPSA) is 21.3 Å². The SMILES string of the molecule is CC(C)CNCC(Cc1ccc(Br)cc1)CC1CCCO1. The van der Waals surface area contributed by atoms with Gasteiger partial charge in [0.2, 0.25) is 0 Å². The Balaban J connectivity index is 1.88. The first kappa shape index (κ1) is 17.0. The van der Waals surface area contributed by atoms with E-state index in [1.54, 1.807) is 0 Å². The Morgan fingerprint density at radius 1 is 1.24 bits per heavy atom. The van der Waals surface area contributed by atoms with Gasteiger partial charge in [0.1, 0.15) is 0 Å². The van der Waals surface area contributed by atoms with Crippen molar-refractivity contribution in [2.45, 2.75) is 45.6 Å². The van der Waals surface area contributed by atoms with Crippen molar-refractivity contribution >= 4 is 15.9 Å². The van der Waals surface area contributed by atoms with Crippen molar-refractivity contribution in [2.24, 2.45) is 11.8 Å². The second-order valence-electron chi connectivity index (χ2n) is 6.62. The van der Waals surface area contributed by atoms with Crippen molar-refractivity contribution in [1.29, 1.82) is 0 Å². The molecular formula is C18H28BrNO. The summed E-state index contributed by atoms with van der Waals surface area (Å²) in [5.74, 6) is 1.37. The Hall–Kier alpha value is -0.380. The fourth-order valence-electron chi connectivity index (χ4n) is 2.97. The molecule has 118 valence electrons. The van der Waals surface area contributed by atoms with Crippen LogP contribution in [0.1, 0.15) is 38.7 Å². The van der Waals surface area contributed by atoms with Gasteiger partial charge in [-0.1, -0.05) is 41.9 Å². The Bertz CT molecular complexity index is 398. The highest BCUT2D eigenvalue weighted by Gasteiger charge is 2.21. The predicted molar refractivity (Wildman–Crippen MR) is 92.6 cm³/mol. The van der Waals surface area contributed by atoms with Crippen LogP contribution in [0.5, 0.6) is 0 Å². The molecule has 1 aromatic carbocycles. The van der Waals surface area contributed by atoms with Gasteiger partial charge in [-0.3, -0.25) is 0 Å². The second kappa shape index (κ2) is 8.92. The molecule has 0 spiro atoms. The highest BCUT2D eigenvalue weighted by atomic mass is 79.9. The minimum Gasteiger partial charge on any atom is -0.378 e. The van der Waals surface area contributed by atoms with Gasteiger partial charge < -0.3 is 10.1 Å². The van der Waals surface area contributed by atoms with Crippen molar-refractivity contribution in [2.75, 3.05) is 19.7 Å². The van der Waals surface area contributed by atoms with E-state index in [-0.39, 0.29) is 0 Å². The second-order valence-corrected chi connectivity index (χ2v) is 7.54. The number of halogens is 1. The van der Waals surface area contributed by atoms with E-state index in [2.05, 4.69) is 59.4 Å². The average Bonchev–Trinajstić information content (AvgIpc) is 2.94. The molecule has 0 amide bonds. The number of hydrogen-bond acceptors (Lipinski definition) is 2. The summed E-state index contributed by atoms with van der Waals surface area (Å²) < 4.78 is 6.99. The molecule has 3 heteroatoms. The third-order valence-corrected chi connectivity index (χ3v) is 4.57. The summed E-state index contributed by atoms with van der Waals surface area (Å²) in [6.45, 7) is 7.67. The van der Waals surface area contributed by atoms with Crippen LogP contribution in [0.15, 0.2) is 28.7 Å². The number of hydrogen-bond donors (Lipinski definition) is 1. The zero-order valence-corrected chi connectivity index (χ0v) is 14.9. The summed E-state index contributed by atoms with van der Waals surface area (Å²) in [6, 6.07) is 8.74. The fourth-order valence-corrected chi connectivity index (χ4v) is 3.24. The van der Waals surface area contributed by atoms with E-state index < -0.39 is 0 Å². The van der Waals surface area contributed by atoms with Gasteiger partial charge in [-0.25, -0.2) is 0 Å². The third kappa shape index (κ3) is 6.50. The zero-order valence-electron chi connectivity index (χ0n) is 13.3. The average molecular weight is 354 g/mol. The van der Waals surface area contributed by atoms with Crippen LogP contribution < -0.4 is 5.32 Å². The minimum absolute atomic E-state index is 0.478. The molecule has 2 rings (SSSR count). The maximum Gasteiger partial charge on any atom is 0.0579 e. The van der Waals surface area contributed by atoms with E-state index >= 15 is 0 Å². The molecule has 1 aliphatic rings. The molecule has 2 atom stereocenters. The van der Waals surface area contributed by atoms with Crippen LogP contribution in [0.4, 0.5) is 0 Å². The van der Waals surface area contributed by atoms with Gasteiger partial charge in [-0.15, -0.1) is 0 Å². The van der Waals surface area contributed by atoms with Crippen LogP contribution in [0.3, 0.4) is 0 Å². The van der Waals surface area contributed by atoms with E-state index in [9.17, 15) is 0 Å². The lowest BCUT2D eigenvalue weighted by atomic mass is 9.92. The predicted octanol–water partition coefficient (Wildman–Crippen LogP) is 4.42. The van der Waals surface area contributed by atoms with E-state index in [1.165, 1.54) is 24.8 Å². The maximum atomic E-state index is 5.83. The molecule has 1 aromatic rings. The van der Waals surface area contributed by atoms with Crippen molar-refractivity contribution in [3.8, 4) is 0 Å². The van der Waals surface area contributed by atoms with Crippen LogP contribution >= 0.6 is 15.9 Å². The maximum absolute atomic E-state index is 5.83. The van der Waals surface area contributed by atoms with E-state index in [0.29, 0.717) is 17.9 Å². The Kier molecular flexibility index (Phi) is 7.21. The van der Waals surface area contributed by atoms with Gasteiger partial charge >= 0.3 is 0 Å².